The van der Waals surface area contributed by atoms with Gasteiger partial charge in [-0.25, -0.2) is 0 Å². The molecule has 2 rings (SSSR count). The highest BCUT2D eigenvalue weighted by atomic mass is 32.2. The molecular weight excluding hydrogens is 218 g/mol. The highest BCUT2D eigenvalue weighted by Gasteiger charge is 2.20. The Balaban J connectivity index is 2.30. The summed E-state index contributed by atoms with van der Waals surface area (Å²) in [4.78, 5) is 0. The lowest BCUT2D eigenvalue weighted by Gasteiger charge is -2.13. The van der Waals surface area contributed by atoms with E-state index in [2.05, 4.69) is 17.6 Å². The topological polar surface area (TPSA) is 54.7 Å². The van der Waals surface area contributed by atoms with Crippen molar-refractivity contribution in [3.05, 3.63) is 16.8 Å². The van der Waals surface area contributed by atoms with E-state index in [9.17, 15) is 0 Å². The summed E-state index contributed by atoms with van der Waals surface area (Å²) in [6.07, 6.45) is 1.27. The van der Waals surface area contributed by atoms with Crippen LogP contribution in [0.4, 0.5) is 5.82 Å². The summed E-state index contributed by atoms with van der Waals surface area (Å²) in [6, 6.07) is 2.20. The van der Waals surface area contributed by atoms with Gasteiger partial charge in [0.15, 0.2) is 0 Å². The van der Waals surface area contributed by atoms with Gasteiger partial charge < -0.3 is 10.3 Å². The van der Waals surface area contributed by atoms with Crippen LogP contribution < -0.4 is 5.73 Å². The van der Waals surface area contributed by atoms with Crippen LogP contribution in [-0.4, -0.2) is 16.1 Å². The number of hydrogen-bond acceptors (Lipinski definition) is 3. The molecule has 1 unspecified atom stereocenters. The van der Waals surface area contributed by atoms with Gasteiger partial charge in [0.1, 0.15) is 11.9 Å². The third-order valence-corrected chi connectivity index (χ3v) is 4.68. The maximum Gasteiger partial charge on any atom is 0.122 e. The molecule has 2 N–H and O–H groups in total. The van der Waals surface area contributed by atoms with E-state index in [1.165, 1.54) is 17.9 Å². The van der Waals surface area contributed by atoms with Gasteiger partial charge in [0.05, 0.1) is 5.56 Å². The van der Waals surface area contributed by atoms with E-state index < -0.39 is 0 Å². The van der Waals surface area contributed by atoms with E-state index in [4.69, 9.17) is 11.0 Å². The molecule has 1 saturated heterocycles. The summed E-state index contributed by atoms with van der Waals surface area (Å²) in [5, 5.41) is 9.05. The zero-order chi connectivity index (χ0) is 11.7. The second-order valence-corrected chi connectivity index (χ2v) is 5.57. The fraction of sp³-hybridized carbons (Fsp3) is 0.583. The number of nitrogens with two attached hydrogens (primary N) is 1. The Morgan fingerprint density at radius 2 is 2.31 bits per heavy atom. The summed E-state index contributed by atoms with van der Waals surface area (Å²) in [5.74, 6) is 3.84. The molecule has 1 aromatic rings. The van der Waals surface area contributed by atoms with Crippen molar-refractivity contribution in [1.82, 2.24) is 4.57 Å². The Bertz CT molecular complexity index is 436. The van der Waals surface area contributed by atoms with Crippen LogP contribution in [0.3, 0.4) is 0 Å². The first kappa shape index (κ1) is 11.4. The molecule has 0 aromatic carbocycles. The smallest absolute Gasteiger partial charge is 0.122 e. The van der Waals surface area contributed by atoms with Gasteiger partial charge in [-0.2, -0.15) is 17.0 Å². The van der Waals surface area contributed by atoms with Crippen molar-refractivity contribution in [2.45, 2.75) is 26.8 Å². The Morgan fingerprint density at radius 3 is 2.81 bits per heavy atom. The summed E-state index contributed by atoms with van der Waals surface area (Å²) >= 11 is 2.01. The number of rotatable bonds is 2. The normalized spacial score (nSPS) is 19.9. The number of anilines is 1. The first-order valence-corrected chi connectivity index (χ1v) is 6.73. The molecule has 2 heterocycles. The first-order chi connectivity index (χ1) is 7.65. The molecule has 0 saturated carbocycles. The van der Waals surface area contributed by atoms with Crippen molar-refractivity contribution >= 4 is 17.6 Å². The monoisotopic (exact) mass is 235 g/mol. The van der Waals surface area contributed by atoms with Crippen molar-refractivity contribution in [2.75, 3.05) is 17.2 Å². The highest BCUT2D eigenvalue weighted by Crippen LogP contribution is 2.29. The molecule has 0 bridgehead atoms. The standard InChI is InChI=1S/C12H17N3S/c1-8-9(2)15(12(14)11(8)5-13)6-10-3-4-16-7-10/h10H,3-4,6-7,14H2,1-2H3. The fourth-order valence-electron chi connectivity index (χ4n) is 2.25. The van der Waals surface area contributed by atoms with Gasteiger partial charge in [-0.05, 0) is 43.3 Å². The van der Waals surface area contributed by atoms with Crippen LogP contribution in [0.15, 0.2) is 0 Å². The predicted octanol–water partition coefficient (Wildman–Crippen LogP) is 2.31. The van der Waals surface area contributed by atoms with Crippen LogP contribution in [-0.2, 0) is 6.54 Å². The Kier molecular flexibility index (Phi) is 3.15. The minimum Gasteiger partial charge on any atom is -0.384 e. The predicted molar refractivity (Wildman–Crippen MR) is 68.5 cm³/mol. The maximum absolute atomic E-state index is 9.05. The molecule has 0 amide bonds. The van der Waals surface area contributed by atoms with Gasteiger partial charge in [-0.15, -0.1) is 0 Å². The van der Waals surface area contributed by atoms with Crippen LogP contribution >= 0.6 is 11.8 Å². The number of aromatic nitrogens is 1. The molecule has 1 aromatic heterocycles. The van der Waals surface area contributed by atoms with Crippen LogP contribution in [0.1, 0.15) is 23.2 Å². The second kappa shape index (κ2) is 4.42. The fourth-order valence-corrected chi connectivity index (χ4v) is 3.53. The van der Waals surface area contributed by atoms with Crippen LogP contribution in [0.25, 0.3) is 0 Å². The minimum atomic E-state index is 0.648. The van der Waals surface area contributed by atoms with Crippen LogP contribution in [0, 0.1) is 31.1 Å². The van der Waals surface area contributed by atoms with Crippen LogP contribution in [0.2, 0.25) is 0 Å². The summed E-state index contributed by atoms with van der Waals surface area (Å²) in [5.41, 5.74) is 8.86. The molecule has 16 heavy (non-hydrogen) atoms. The van der Waals surface area contributed by atoms with E-state index in [0.717, 1.165) is 17.8 Å². The number of hydrogen-bond donors (Lipinski definition) is 1. The van der Waals surface area contributed by atoms with Gasteiger partial charge in [0.25, 0.3) is 0 Å². The largest absolute Gasteiger partial charge is 0.384 e. The van der Waals surface area contributed by atoms with E-state index in [1.807, 2.05) is 18.7 Å². The lowest BCUT2D eigenvalue weighted by Crippen LogP contribution is -2.13. The second-order valence-electron chi connectivity index (χ2n) is 4.42. The van der Waals surface area contributed by atoms with E-state index >= 15 is 0 Å². The minimum absolute atomic E-state index is 0.648. The summed E-state index contributed by atoms with van der Waals surface area (Å²) in [7, 11) is 0. The van der Waals surface area contributed by atoms with Crippen molar-refractivity contribution in [3.63, 3.8) is 0 Å². The quantitative estimate of drug-likeness (QED) is 0.856. The first-order valence-electron chi connectivity index (χ1n) is 5.58. The maximum atomic E-state index is 9.05. The Morgan fingerprint density at radius 1 is 1.56 bits per heavy atom. The molecule has 3 nitrogen and oxygen atoms in total. The van der Waals surface area contributed by atoms with E-state index in [-0.39, 0.29) is 0 Å². The molecule has 1 fully saturated rings. The average molecular weight is 235 g/mol. The van der Waals surface area contributed by atoms with Gasteiger partial charge >= 0.3 is 0 Å². The molecule has 86 valence electrons. The Hall–Kier alpha value is -1.08. The average Bonchev–Trinajstić information content (AvgIpc) is 2.83. The zero-order valence-corrected chi connectivity index (χ0v) is 10.6. The van der Waals surface area contributed by atoms with Gasteiger partial charge in [0.2, 0.25) is 0 Å². The molecule has 1 atom stereocenters. The van der Waals surface area contributed by atoms with Crippen molar-refractivity contribution in [1.29, 1.82) is 5.26 Å². The van der Waals surface area contributed by atoms with Gasteiger partial charge in [-0.3, -0.25) is 0 Å². The molecule has 0 aliphatic carbocycles. The van der Waals surface area contributed by atoms with E-state index in [0.29, 0.717) is 17.3 Å². The molecule has 0 spiro atoms. The highest BCUT2D eigenvalue weighted by molar-refractivity contribution is 7.99. The lowest BCUT2D eigenvalue weighted by molar-refractivity contribution is 0.491. The van der Waals surface area contributed by atoms with Gasteiger partial charge in [-0.1, -0.05) is 0 Å². The number of nitrogens with zero attached hydrogens (tertiary/aromatic N) is 2. The molecule has 0 radical (unpaired) electrons. The van der Waals surface area contributed by atoms with Gasteiger partial charge in [0, 0.05) is 12.2 Å². The molecule has 1 aliphatic rings. The molecule has 1 aliphatic heterocycles. The summed E-state index contributed by atoms with van der Waals surface area (Å²) < 4.78 is 2.12. The molecule has 4 heteroatoms. The third kappa shape index (κ3) is 1.80. The zero-order valence-electron chi connectivity index (χ0n) is 9.79. The van der Waals surface area contributed by atoms with Crippen molar-refractivity contribution in [2.24, 2.45) is 5.92 Å². The number of nitriles is 1. The SMILES string of the molecule is Cc1c(C#N)c(N)n(CC2CCSC2)c1C. The summed E-state index contributed by atoms with van der Waals surface area (Å²) in [6.45, 7) is 4.99. The van der Waals surface area contributed by atoms with Crippen molar-refractivity contribution in [3.8, 4) is 6.07 Å². The third-order valence-electron chi connectivity index (χ3n) is 3.45. The van der Waals surface area contributed by atoms with Crippen LogP contribution in [0.5, 0.6) is 0 Å². The molecular formula is C12H17N3S. The number of nitrogen functional groups attached to an aromatic ring is 1. The lowest BCUT2D eigenvalue weighted by atomic mass is 10.1. The Labute approximate surface area is 101 Å². The van der Waals surface area contributed by atoms with Crippen molar-refractivity contribution < 1.29 is 0 Å². The number of thioether (sulfide) groups is 1. The van der Waals surface area contributed by atoms with E-state index in [1.54, 1.807) is 0 Å².